The molecule has 106 valence electrons. The van der Waals surface area contributed by atoms with Gasteiger partial charge in [-0.2, -0.15) is 0 Å². The van der Waals surface area contributed by atoms with Crippen LogP contribution in [0.1, 0.15) is 31.3 Å². The summed E-state index contributed by atoms with van der Waals surface area (Å²) in [6.45, 7) is 8.54. The molecule has 0 saturated carbocycles. The first-order valence-electron chi connectivity index (χ1n) is 6.55. The number of hydrogen-bond donors (Lipinski definition) is 2. The van der Waals surface area contributed by atoms with Crippen molar-refractivity contribution in [3.8, 4) is 0 Å². The Morgan fingerprint density at radius 2 is 2.21 bits per heavy atom. The van der Waals surface area contributed by atoms with Crippen molar-refractivity contribution >= 4 is 11.7 Å². The Hall–Kier alpha value is -1.69. The predicted molar refractivity (Wildman–Crippen MR) is 74.2 cm³/mol. The SMILES string of the molecule is CCNc1cncc(C(=O)NCCOCC(C)C)n1. The first-order chi connectivity index (χ1) is 9.13. The Morgan fingerprint density at radius 3 is 2.89 bits per heavy atom. The molecule has 6 heteroatoms. The molecule has 0 bridgehead atoms. The van der Waals surface area contributed by atoms with Crippen molar-refractivity contribution in [2.45, 2.75) is 20.8 Å². The number of rotatable bonds is 8. The zero-order valence-electron chi connectivity index (χ0n) is 11.8. The molecule has 1 heterocycles. The van der Waals surface area contributed by atoms with Crippen molar-refractivity contribution in [2.75, 3.05) is 31.6 Å². The second-order valence-electron chi connectivity index (χ2n) is 4.54. The molecule has 0 spiro atoms. The minimum atomic E-state index is -0.236. The third-order valence-corrected chi connectivity index (χ3v) is 2.21. The van der Waals surface area contributed by atoms with Gasteiger partial charge in [0.05, 0.1) is 19.0 Å². The molecule has 0 saturated heterocycles. The van der Waals surface area contributed by atoms with E-state index in [0.29, 0.717) is 37.2 Å². The van der Waals surface area contributed by atoms with E-state index >= 15 is 0 Å². The van der Waals surface area contributed by atoms with E-state index in [2.05, 4.69) is 34.4 Å². The zero-order chi connectivity index (χ0) is 14.1. The standard InChI is InChI=1S/C13H22N4O2/c1-4-15-12-8-14-7-11(17-12)13(18)16-5-6-19-9-10(2)3/h7-8,10H,4-6,9H2,1-3H3,(H,15,17)(H,16,18). The summed E-state index contributed by atoms with van der Waals surface area (Å²) in [4.78, 5) is 19.9. The Labute approximate surface area is 114 Å². The van der Waals surface area contributed by atoms with E-state index in [-0.39, 0.29) is 5.91 Å². The number of carbonyl (C=O) groups excluding carboxylic acids is 1. The summed E-state index contributed by atoms with van der Waals surface area (Å²) in [5.41, 5.74) is 0.308. The summed E-state index contributed by atoms with van der Waals surface area (Å²) in [7, 11) is 0. The van der Waals surface area contributed by atoms with Crippen molar-refractivity contribution < 1.29 is 9.53 Å². The van der Waals surface area contributed by atoms with E-state index in [1.165, 1.54) is 6.20 Å². The lowest BCUT2D eigenvalue weighted by Gasteiger charge is -2.08. The highest BCUT2D eigenvalue weighted by Crippen LogP contribution is 2.01. The van der Waals surface area contributed by atoms with Crippen LogP contribution in [0.4, 0.5) is 5.82 Å². The summed E-state index contributed by atoms with van der Waals surface area (Å²) in [5, 5.41) is 5.76. The second-order valence-corrected chi connectivity index (χ2v) is 4.54. The lowest BCUT2D eigenvalue weighted by atomic mass is 10.2. The monoisotopic (exact) mass is 266 g/mol. The summed E-state index contributed by atoms with van der Waals surface area (Å²) in [6, 6.07) is 0. The number of ether oxygens (including phenoxy) is 1. The predicted octanol–water partition coefficient (Wildman–Crippen LogP) is 1.31. The largest absolute Gasteiger partial charge is 0.379 e. The van der Waals surface area contributed by atoms with Gasteiger partial charge in [0, 0.05) is 19.7 Å². The molecule has 1 aromatic rings. The molecule has 0 atom stereocenters. The van der Waals surface area contributed by atoms with Crippen LogP contribution in [0.25, 0.3) is 0 Å². The van der Waals surface area contributed by atoms with Crippen molar-refractivity contribution in [1.29, 1.82) is 0 Å². The number of aromatic nitrogens is 2. The van der Waals surface area contributed by atoms with E-state index < -0.39 is 0 Å². The van der Waals surface area contributed by atoms with Gasteiger partial charge in [0.1, 0.15) is 11.5 Å². The van der Waals surface area contributed by atoms with E-state index in [0.717, 1.165) is 6.54 Å². The van der Waals surface area contributed by atoms with Gasteiger partial charge < -0.3 is 15.4 Å². The Kier molecular flexibility index (Phi) is 6.81. The molecular weight excluding hydrogens is 244 g/mol. The van der Waals surface area contributed by atoms with E-state index in [4.69, 9.17) is 4.74 Å². The smallest absolute Gasteiger partial charge is 0.271 e. The number of anilines is 1. The van der Waals surface area contributed by atoms with Gasteiger partial charge in [0.15, 0.2) is 0 Å². The number of amides is 1. The summed E-state index contributed by atoms with van der Waals surface area (Å²) in [6.07, 6.45) is 3.04. The lowest BCUT2D eigenvalue weighted by molar-refractivity contribution is 0.0882. The Balaban J connectivity index is 2.34. The highest BCUT2D eigenvalue weighted by atomic mass is 16.5. The maximum absolute atomic E-state index is 11.8. The summed E-state index contributed by atoms with van der Waals surface area (Å²) >= 11 is 0. The van der Waals surface area contributed by atoms with Crippen LogP contribution >= 0.6 is 0 Å². The molecule has 0 radical (unpaired) electrons. The van der Waals surface area contributed by atoms with Crippen LogP contribution in [-0.4, -0.2) is 42.2 Å². The van der Waals surface area contributed by atoms with E-state index in [9.17, 15) is 4.79 Å². The van der Waals surface area contributed by atoms with Crippen molar-refractivity contribution in [3.05, 3.63) is 18.1 Å². The molecule has 1 aromatic heterocycles. The fourth-order valence-electron chi connectivity index (χ4n) is 1.39. The number of carbonyl (C=O) groups is 1. The van der Waals surface area contributed by atoms with Gasteiger partial charge >= 0.3 is 0 Å². The number of nitrogens with one attached hydrogen (secondary N) is 2. The third-order valence-electron chi connectivity index (χ3n) is 2.21. The van der Waals surface area contributed by atoms with Crippen molar-refractivity contribution in [3.63, 3.8) is 0 Å². The molecular formula is C13H22N4O2. The van der Waals surface area contributed by atoms with Gasteiger partial charge in [0.2, 0.25) is 0 Å². The van der Waals surface area contributed by atoms with Gasteiger partial charge in [-0.3, -0.25) is 9.78 Å². The van der Waals surface area contributed by atoms with Crippen LogP contribution in [0.3, 0.4) is 0 Å². The third kappa shape index (κ3) is 6.15. The van der Waals surface area contributed by atoms with E-state index in [1.54, 1.807) is 6.20 Å². The van der Waals surface area contributed by atoms with Crippen molar-refractivity contribution in [1.82, 2.24) is 15.3 Å². The Morgan fingerprint density at radius 1 is 1.42 bits per heavy atom. The van der Waals surface area contributed by atoms with Crippen LogP contribution in [0.5, 0.6) is 0 Å². The molecule has 2 N–H and O–H groups in total. The average molecular weight is 266 g/mol. The van der Waals surface area contributed by atoms with Crippen LogP contribution in [0.15, 0.2) is 12.4 Å². The average Bonchev–Trinajstić information content (AvgIpc) is 2.38. The van der Waals surface area contributed by atoms with Gasteiger partial charge in [-0.25, -0.2) is 4.98 Å². The number of hydrogen-bond acceptors (Lipinski definition) is 5. The molecule has 1 amide bonds. The van der Waals surface area contributed by atoms with Gasteiger partial charge in [-0.05, 0) is 12.8 Å². The zero-order valence-corrected chi connectivity index (χ0v) is 11.8. The normalized spacial score (nSPS) is 10.5. The maximum atomic E-state index is 11.8. The molecule has 0 aliphatic heterocycles. The molecule has 1 rings (SSSR count). The minimum absolute atomic E-state index is 0.236. The van der Waals surface area contributed by atoms with Crippen LogP contribution in [0.2, 0.25) is 0 Å². The van der Waals surface area contributed by atoms with Crippen LogP contribution < -0.4 is 10.6 Å². The number of nitrogens with zero attached hydrogens (tertiary/aromatic N) is 2. The molecule has 0 aliphatic carbocycles. The second kappa shape index (κ2) is 8.42. The van der Waals surface area contributed by atoms with Gasteiger partial charge in [0.25, 0.3) is 5.91 Å². The molecule has 0 fully saturated rings. The summed E-state index contributed by atoms with van der Waals surface area (Å²) in [5.74, 6) is 0.866. The first kappa shape index (κ1) is 15.4. The lowest BCUT2D eigenvalue weighted by Crippen LogP contribution is -2.28. The molecule has 0 aromatic carbocycles. The summed E-state index contributed by atoms with van der Waals surface area (Å²) < 4.78 is 5.38. The Bertz CT molecular complexity index is 396. The molecule has 19 heavy (non-hydrogen) atoms. The van der Waals surface area contributed by atoms with Gasteiger partial charge in [-0.15, -0.1) is 0 Å². The van der Waals surface area contributed by atoms with Crippen molar-refractivity contribution in [2.24, 2.45) is 5.92 Å². The fraction of sp³-hybridized carbons (Fsp3) is 0.615. The molecule has 0 aliphatic rings. The molecule has 6 nitrogen and oxygen atoms in total. The first-order valence-corrected chi connectivity index (χ1v) is 6.55. The van der Waals surface area contributed by atoms with Crippen LogP contribution in [-0.2, 0) is 4.74 Å². The minimum Gasteiger partial charge on any atom is -0.379 e. The molecule has 0 unspecified atom stereocenters. The quantitative estimate of drug-likeness (QED) is 0.694. The highest BCUT2D eigenvalue weighted by Gasteiger charge is 2.07. The highest BCUT2D eigenvalue weighted by molar-refractivity contribution is 5.92. The topological polar surface area (TPSA) is 76.1 Å². The van der Waals surface area contributed by atoms with Crippen LogP contribution in [0, 0.1) is 5.92 Å². The van der Waals surface area contributed by atoms with E-state index in [1.807, 2.05) is 6.92 Å². The fourth-order valence-corrected chi connectivity index (χ4v) is 1.39. The maximum Gasteiger partial charge on any atom is 0.271 e. The van der Waals surface area contributed by atoms with Gasteiger partial charge in [-0.1, -0.05) is 13.8 Å².